The van der Waals surface area contributed by atoms with Gasteiger partial charge in [0.05, 0.1) is 23.8 Å². The van der Waals surface area contributed by atoms with Crippen molar-refractivity contribution >= 4 is 22.6 Å². The molecule has 1 aliphatic carbocycles. The molecule has 0 unspecified atom stereocenters. The van der Waals surface area contributed by atoms with Crippen LogP contribution in [-0.2, 0) is 6.54 Å². The van der Waals surface area contributed by atoms with Gasteiger partial charge in [-0.2, -0.15) is 0 Å². The molecule has 0 spiro atoms. The molecule has 1 aliphatic rings. The summed E-state index contributed by atoms with van der Waals surface area (Å²) in [6, 6.07) is 4.82. The molecular weight excluding hydrogens is 426 g/mol. The molecule has 4 heterocycles. The number of nitrogens with zero attached hydrogens (tertiary/aromatic N) is 7. The van der Waals surface area contributed by atoms with E-state index >= 15 is 0 Å². The third kappa shape index (κ3) is 4.27. The molecule has 1 saturated carbocycles. The second kappa shape index (κ2) is 8.66. The van der Waals surface area contributed by atoms with E-state index in [0.717, 1.165) is 42.3 Å². The molecule has 0 saturated heterocycles. The minimum Gasteiger partial charge on any atom is -0.350 e. The van der Waals surface area contributed by atoms with Gasteiger partial charge in [0.15, 0.2) is 5.65 Å². The van der Waals surface area contributed by atoms with E-state index in [4.69, 9.17) is 0 Å². The lowest BCUT2D eigenvalue weighted by Crippen LogP contribution is -2.36. The number of aryl methyl sites for hydroxylation is 1. The number of imidazole rings is 1. The van der Waals surface area contributed by atoms with Gasteiger partial charge in [0, 0.05) is 35.6 Å². The van der Waals surface area contributed by atoms with Crippen molar-refractivity contribution in [1.82, 2.24) is 34.0 Å². The number of fused-ring (bicyclic) bond motifs is 2. The third-order valence-electron chi connectivity index (χ3n) is 6.60. The first-order chi connectivity index (χ1) is 15.9. The van der Waals surface area contributed by atoms with Crippen LogP contribution in [0.2, 0.25) is 0 Å². The fourth-order valence-corrected chi connectivity index (χ4v) is 4.76. The second-order valence-electron chi connectivity index (χ2n) is 8.98. The fourth-order valence-electron chi connectivity index (χ4n) is 4.76. The fraction of sp³-hybridized carbons (Fsp3) is 0.478. The van der Waals surface area contributed by atoms with Crippen molar-refractivity contribution in [3.63, 3.8) is 0 Å². The first kappa shape index (κ1) is 21.7. The number of halogens is 2. The topological polar surface area (TPSA) is 76.2 Å². The molecule has 0 aliphatic heterocycles. The van der Waals surface area contributed by atoms with E-state index in [-0.39, 0.29) is 0 Å². The second-order valence-corrected chi connectivity index (χ2v) is 8.98. The van der Waals surface area contributed by atoms with Gasteiger partial charge in [0.1, 0.15) is 5.82 Å². The van der Waals surface area contributed by atoms with Crippen molar-refractivity contribution in [2.24, 2.45) is 0 Å². The number of rotatable bonds is 6. The van der Waals surface area contributed by atoms with E-state index in [0.29, 0.717) is 35.0 Å². The minimum atomic E-state index is -2.46. The zero-order valence-corrected chi connectivity index (χ0v) is 19.0. The molecule has 5 rings (SSSR count). The molecule has 0 bridgehead atoms. The lowest BCUT2D eigenvalue weighted by atomic mass is 9.91. The minimum absolute atomic E-state index is 0.374. The Balaban J connectivity index is 1.39. The number of hydrogen-bond acceptors (Lipinski definition) is 6. The Morgan fingerprint density at radius 2 is 1.91 bits per heavy atom. The number of nitrogens with one attached hydrogen (secondary N) is 1. The summed E-state index contributed by atoms with van der Waals surface area (Å²) in [5.74, 6) is 1.13. The zero-order valence-electron chi connectivity index (χ0n) is 19.0. The summed E-state index contributed by atoms with van der Waals surface area (Å²) in [6.45, 7) is 1.31. The number of anilines is 1. The highest BCUT2D eigenvalue weighted by atomic mass is 19.3. The summed E-state index contributed by atoms with van der Waals surface area (Å²) >= 11 is 0. The normalized spacial score (nSPS) is 19.2. The van der Waals surface area contributed by atoms with Crippen LogP contribution in [0.5, 0.6) is 0 Å². The number of pyridine rings is 1. The van der Waals surface area contributed by atoms with Gasteiger partial charge in [-0.25, -0.2) is 28.2 Å². The predicted octanol–water partition coefficient (Wildman–Crippen LogP) is 4.00. The van der Waals surface area contributed by atoms with Crippen LogP contribution < -0.4 is 5.32 Å². The van der Waals surface area contributed by atoms with Crippen LogP contribution in [0.15, 0.2) is 30.7 Å². The molecule has 33 heavy (non-hydrogen) atoms. The van der Waals surface area contributed by atoms with E-state index in [1.165, 1.54) is 4.57 Å². The molecular formula is C23H28F2N8. The van der Waals surface area contributed by atoms with Gasteiger partial charge >= 0.3 is 0 Å². The van der Waals surface area contributed by atoms with Crippen LogP contribution in [0.25, 0.3) is 27.8 Å². The molecule has 174 valence electrons. The smallest absolute Gasteiger partial charge is 0.256 e. The van der Waals surface area contributed by atoms with E-state index in [9.17, 15) is 8.78 Å². The molecule has 0 radical (unpaired) electrons. The van der Waals surface area contributed by atoms with E-state index in [2.05, 4.69) is 44.4 Å². The third-order valence-corrected chi connectivity index (χ3v) is 6.60. The molecule has 0 aromatic carbocycles. The Morgan fingerprint density at radius 1 is 1.12 bits per heavy atom. The van der Waals surface area contributed by atoms with Gasteiger partial charge in [0.25, 0.3) is 6.43 Å². The van der Waals surface area contributed by atoms with Crippen LogP contribution >= 0.6 is 0 Å². The summed E-state index contributed by atoms with van der Waals surface area (Å²) in [6.07, 6.45) is 7.45. The van der Waals surface area contributed by atoms with Crippen LogP contribution in [0.4, 0.5) is 14.7 Å². The van der Waals surface area contributed by atoms with Gasteiger partial charge in [-0.15, -0.1) is 5.10 Å². The molecule has 1 fully saturated rings. The number of aromatic nitrogens is 6. The van der Waals surface area contributed by atoms with Crippen molar-refractivity contribution in [2.75, 3.05) is 19.4 Å². The highest BCUT2D eigenvalue weighted by Crippen LogP contribution is 2.29. The molecule has 4 aromatic heterocycles. The molecule has 10 heteroatoms. The monoisotopic (exact) mass is 454 g/mol. The van der Waals surface area contributed by atoms with E-state index in [1.54, 1.807) is 23.8 Å². The van der Waals surface area contributed by atoms with Crippen molar-refractivity contribution in [1.29, 1.82) is 0 Å². The number of alkyl halides is 2. The SMILES string of the molecule is Cc1nc2ncc(-c3ccn4nc(N[C@H]5CC[C@H](N(C)C)CC5)ncc34)cc2n1CC(F)F. The lowest BCUT2D eigenvalue weighted by Gasteiger charge is -2.32. The average molecular weight is 455 g/mol. The van der Waals surface area contributed by atoms with Gasteiger partial charge in [-0.05, 0) is 58.8 Å². The number of hydrogen-bond donors (Lipinski definition) is 1. The molecule has 8 nitrogen and oxygen atoms in total. The highest BCUT2D eigenvalue weighted by molar-refractivity contribution is 5.85. The maximum atomic E-state index is 13.1. The molecule has 0 amide bonds. The van der Waals surface area contributed by atoms with Gasteiger partial charge in [0.2, 0.25) is 5.95 Å². The van der Waals surface area contributed by atoms with Crippen LogP contribution in [0.3, 0.4) is 0 Å². The van der Waals surface area contributed by atoms with Gasteiger partial charge in [-0.1, -0.05) is 0 Å². The lowest BCUT2D eigenvalue weighted by molar-refractivity contribution is 0.127. The molecule has 4 aromatic rings. The largest absolute Gasteiger partial charge is 0.350 e. The van der Waals surface area contributed by atoms with Crippen LogP contribution in [0.1, 0.15) is 31.5 Å². The Bertz CT molecular complexity index is 1270. The molecule has 1 N–H and O–H groups in total. The van der Waals surface area contributed by atoms with Crippen molar-refractivity contribution in [3.05, 3.63) is 36.5 Å². The molecule has 0 atom stereocenters. The predicted molar refractivity (Wildman–Crippen MR) is 124 cm³/mol. The Hall–Kier alpha value is -3.14. The maximum Gasteiger partial charge on any atom is 0.256 e. The van der Waals surface area contributed by atoms with Crippen LogP contribution in [0, 0.1) is 6.92 Å². The quantitative estimate of drug-likeness (QED) is 0.475. The Morgan fingerprint density at radius 3 is 2.64 bits per heavy atom. The van der Waals surface area contributed by atoms with Crippen molar-refractivity contribution in [2.45, 2.75) is 57.7 Å². The summed E-state index contributed by atoms with van der Waals surface area (Å²) in [7, 11) is 4.28. The standard InChI is InChI=1S/C23H28F2N8/c1-14-28-22-19(32(14)13-21(24)25)10-15(11-26-22)18-8-9-33-20(18)12-27-23(30-33)29-16-4-6-17(7-5-16)31(2)3/h8-12,16-17,21H,4-7,13H2,1-3H3,(H,29,30)/t16-,17-. The van der Waals surface area contributed by atoms with Gasteiger partial charge in [-0.3, -0.25) is 0 Å². The average Bonchev–Trinajstić information content (AvgIpc) is 3.34. The van der Waals surface area contributed by atoms with Crippen molar-refractivity contribution in [3.8, 4) is 11.1 Å². The summed E-state index contributed by atoms with van der Waals surface area (Å²) in [5, 5.41) is 8.12. The van der Waals surface area contributed by atoms with E-state index < -0.39 is 13.0 Å². The summed E-state index contributed by atoms with van der Waals surface area (Å²) in [4.78, 5) is 15.6. The van der Waals surface area contributed by atoms with Crippen molar-refractivity contribution < 1.29 is 8.78 Å². The summed E-state index contributed by atoms with van der Waals surface area (Å²) < 4.78 is 29.4. The highest BCUT2D eigenvalue weighted by Gasteiger charge is 2.23. The Kier molecular flexibility index (Phi) is 5.69. The first-order valence-electron chi connectivity index (χ1n) is 11.3. The van der Waals surface area contributed by atoms with E-state index in [1.807, 2.05) is 18.3 Å². The maximum absolute atomic E-state index is 13.1. The van der Waals surface area contributed by atoms with Gasteiger partial charge < -0.3 is 14.8 Å². The Labute approximate surface area is 190 Å². The zero-order chi connectivity index (χ0) is 23.1. The van der Waals surface area contributed by atoms with Crippen LogP contribution in [-0.4, -0.2) is 66.6 Å². The summed E-state index contributed by atoms with van der Waals surface area (Å²) in [5.41, 5.74) is 3.59. The first-order valence-corrected chi connectivity index (χ1v) is 11.3.